The summed E-state index contributed by atoms with van der Waals surface area (Å²) in [7, 11) is 0. The van der Waals surface area contributed by atoms with Gasteiger partial charge in [0.05, 0.1) is 11.0 Å². The molecule has 1 heterocycles. The van der Waals surface area contributed by atoms with Crippen LogP contribution < -0.4 is 5.73 Å². The molecule has 4 nitrogen and oxygen atoms in total. The van der Waals surface area contributed by atoms with E-state index >= 15 is 0 Å². The Hall–Kier alpha value is -2.33. The van der Waals surface area contributed by atoms with Crippen molar-refractivity contribution in [3.63, 3.8) is 0 Å². The van der Waals surface area contributed by atoms with Crippen molar-refractivity contribution in [1.29, 1.82) is 0 Å². The number of hydrogen-bond donors (Lipinski definition) is 3. The van der Waals surface area contributed by atoms with E-state index < -0.39 is 0 Å². The molecular formula is C17H19N3O. The van der Waals surface area contributed by atoms with Crippen molar-refractivity contribution in [1.82, 2.24) is 9.97 Å². The first kappa shape index (κ1) is 13.6. The average molecular weight is 281 g/mol. The van der Waals surface area contributed by atoms with E-state index in [1.54, 1.807) is 12.1 Å². The number of nitrogens with one attached hydrogen (secondary N) is 1. The molecule has 0 atom stereocenters. The van der Waals surface area contributed by atoms with E-state index in [1.807, 2.05) is 18.2 Å². The van der Waals surface area contributed by atoms with Crippen molar-refractivity contribution in [3.8, 4) is 17.1 Å². The first-order valence-electron chi connectivity index (χ1n) is 6.99. The van der Waals surface area contributed by atoms with Crippen LogP contribution in [0.3, 0.4) is 0 Å². The van der Waals surface area contributed by atoms with Crippen molar-refractivity contribution in [2.24, 2.45) is 5.73 Å². The summed E-state index contributed by atoms with van der Waals surface area (Å²) in [6.07, 6.45) is 0. The van der Waals surface area contributed by atoms with E-state index in [9.17, 15) is 5.11 Å². The molecule has 2 aromatic carbocycles. The number of fused-ring (bicyclic) bond motifs is 1. The number of phenols is 1. The van der Waals surface area contributed by atoms with Gasteiger partial charge in [0.1, 0.15) is 11.6 Å². The van der Waals surface area contributed by atoms with Crippen molar-refractivity contribution in [3.05, 3.63) is 48.0 Å². The molecule has 0 aliphatic carbocycles. The largest absolute Gasteiger partial charge is 0.508 e. The lowest BCUT2D eigenvalue weighted by atomic mass is 9.85. The molecule has 0 spiro atoms. The fourth-order valence-corrected chi connectivity index (χ4v) is 2.30. The van der Waals surface area contributed by atoms with Gasteiger partial charge in [-0.25, -0.2) is 4.98 Å². The standard InChI is InChI=1S/C17H19N3O/c1-17(2,10-18)12-5-8-14-15(9-12)20-16(19-14)11-3-6-13(21)7-4-11/h3-9,21H,10,18H2,1-2H3,(H,19,20). The van der Waals surface area contributed by atoms with Crippen molar-refractivity contribution in [2.75, 3.05) is 6.54 Å². The van der Waals surface area contributed by atoms with Gasteiger partial charge in [-0.1, -0.05) is 19.9 Å². The molecule has 3 aromatic rings. The lowest BCUT2D eigenvalue weighted by Crippen LogP contribution is -2.27. The fraction of sp³-hybridized carbons (Fsp3) is 0.235. The highest BCUT2D eigenvalue weighted by Gasteiger charge is 2.19. The van der Waals surface area contributed by atoms with Crippen LogP contribution in [0.25, 0.3) is 22.4 Å². The van der Waals surface area contributed by atoms with Gasteiger partial charge < -0.3 is 15.8 Å². The molecule has 108 valence electrons. The van der Waals surface area contributed by atoms with E-state index in [1.165, 1.54) is 5.56 Å². The zero-order valence-electron chi connectivity index (χ0n) is 12.2. The second kappa shape index (κ2) is 4.90. The minimum absolute atomic E-state index is 0.0575. The summed E-state index contributed by atoms with van der Waals surface area (Å²) < 4.78 is 0. The van der Waals surface area contributed by atoms with Gasteiger partial charge in [-0.05, 0) is 42.0 Å². The predicted octanol–water partition coefficient (Wildman–Crippen LogP) is 3.17. The Balaban J connectivity index is 2.06. The number of aromatic hydroxyl groups is 1. The molecule has 0 unspecified atom stereocenters. The van der Waals surface area contributed by atoms with Gasteiger partial charge in [0.2, 0.25) is 0 Å². The van der Waals surface area contributed by atoms with E-state index in [0.29, 0.717) is 6.54 Å². The van der Waals surface area contributed by atoms with Gasteiger partial charge in [0.25, 0.3) is 0 Å². The number of nitrogens with zero attached hydrogens (tertiary/aromatic N) is 1. The van der Waals surface area contributed by atoms with E-state index in [2.05, 4.69) is 35.9 Å². The number of hydrogen-bond acceptors (Lipinski definition) is 3. The number of phenolic OH excluding ortho intramolecular Hbond substituents is 1. The number of nitrogens with two attached hydrogens (primary N) is 1. The SMILES string of the molecule is CC(C)(CN)c1ccc2nc(-c3ccc(O)cc3)[nH]c2c1. The fourth-order valence-electron chi connectivity index (χ4n) is 2.30. The molecule has 3 rings (SSSR count). The zero-order chi connectivity index (χ0) is 15.0. The summed E-state index contributed by atoms with van der Waals surface area (Å²) in [6.45, 7) is 4.86. The molecule has 0 aliphatic rings. The summed E-state index contributed by atoms with van der Waals surface area (Å²) in [5.74, 6) is 1.05. The molecule has 0 aliphatic heterocycles. The number of aromatic amines is 1. The molecule has 0 amide bonds. The summed E-state index contributed by atoms with van der Waals surface area (Å²) in [5, 5.41) is 9.35. The van der Waals surface area contributed by atoms with Crippen LogP contribution in [0.15, 0.2) is 42.5 Å². The number of imidazole rings is 1. The van der Waals surface area contributed by atoms with Crippen LogP contribution >= 0.6 is 0 Å². The van der Waals surface area contributed by atoms with E-state index in [0.717, 1.165) is 22.4 Å². The van der Waals surface area contributed by atoms with Crippen LogP contribution in [0.5, 0.6) is 5.75 Å². The molecule has 0 saturated carbocycles. The third kappa shape index (κ3) is 2.50. The van der Waals surface area contributed by atoms with Crippen LogP contribution in [0.2, 0.25) is 0 Å². The van der Waals surface area contributed by atoms with Gasteiger partial charge in [-0.15, -0.1) is 0 Å². The molecule has 0 fully saturated rings. The predicted molar refractivity (Wildman–Crippen MR) is 85.3 cm³/mol. The Morgan fingerprint density at radius 2 is 1.86 bits per heavy atom. The first-order valence-corrected chi connectivity index (χ1v) is 6.99. The summed E-state index contributed by atoms with van der Waals surface area (Å²) in [5.41, 5.74) is 9.85. The Bertz CT molecular complexity index is 772. The first-order chi connectivity index (χ1) is 9.99. The number of H-pyrrole nitrogens is 1. The van der Waals surface area contributed by atoms with Crippen LogP contribution in [0, 0.1) is 0 Å². The minimum Gasteiger partial charge on any atom is -0.508 e. The van der Waals surface area contributed by atoms with Gasteiger partial charge in [-0.3, -0.25) is 0 Å². The summed E-state index contributed by atoms with van der Waals surface area (Å²) in [4.78, 5) is 7.93. The van der Waals surface area contributed by atoms with Crippen molar-refractivity contribution >= 4 is 11.0 Å². The molecule has 0 radical (unpaired) electrons. The van der Waals surface area contributed by atoms with E-state index in [-0.39, 0.29) is 11.2 Å². The average Bonchev–Trinajstić information content (AvgIpc) is 2.90. The summed E-state index contributed by atoms with van der Waals surface area (Å²) in [6, 6.07) is 13.2. The molecule has 0 bridgehead atoms. The molecule has 1 aromatic heterocycles. The number of benzene rings is 2. The van der Waals surface area contributed by atoms with Crippen LogP contribution in [0.4, 0.5) is 0 Å². The Morgan fingerprint density at radius 1 is 1.14 bits per heavy atom. The monoisotopic (exact) mass is 281 g/mol. The van der Waals surface area contributed by atoms with Gasteiger partial charge in [-0.2, -0.15) is 0 Å². The number of aromatic nitrogens is 2. The Labute approximate surface area is 123 Å². The van der Waals surface area contributed by atoms with Crippen LogP contribution in [0.1, 0.15) is 19.4 Å². The third-order valence-corrected chi connectivity index (χ3v) is 3.91. The second-order valence-electron chi connectivity index (χ2n) is 5.95. The highest BCUT2D eigenvalue weighted by atomic mass is 16.3. The molecular weight excluding hydrogens is 262 g/mol. The quantitative estimate of drug-likeness (QED) is 0.690. The molecule has 4 heteroatoms. The topological polar surface area (TPSA) is 74.9 Å². The minimum atomic E-state index is -0.0575. The maximum absolute atomic E-state index is 9.35. The Kier molecular flexibility index (Phi) is 3.18. The molecule has 0 saturated heterocycles. The molecule has 4 N–H and O–H groups in total. The number of rotatable bonds is 3. The van der Waals surface area contributed by atoms with Crippen molar-refractivity contribution < 1.29 is 5.11 Å². The maximum atomic E-state index is 9.35. The van der Waals surface area contributed by atoms with Crippen LogP contribution in [-0.2, 0) is 5.41 Å². The zero-order valence-corrected chi connectivity index (χ0v) is 12.2. The van der Waals surface area contributed by atoms with E-state index in [4.69, 9.17) is 5.73 Å². The Morgan fingerprint density at radius 3 is 2.52 bits per heavy atom. The normalized spacial score (nSPS) is 12.0. The van der Waals surface area contributed by atoms with Gasteiger partial charge >= 0.3 is 0 Å². The second-order valence-corrected chi connectivity index (χ2v) is 5.95. The smallest absolute Gasteiger partial charge is 0.138 e. The summed E-state index contributed by atoms with van der Waals surface area (Å²) >= 11 is 0. The maximum Gasteiger partial charge on any atom is 0.138 e. The highest BCUT2D eigenvalue weighted by molar-refractivity contribution is 5.80. The lowest BCUT2D eigenvalue weighted by molar-refractivity contribution is 0.475. The van der Waals surface area contributed by atoms with Crippen LogP contribution in [-0.4, -0.2) is 21.6 Å². The third-order valence-electron chi connectivity index (χ3n) is 3.91. The van der Waals surface area contributed by atoms with Gasteiger partial charge in [0, 0.05) is 17.5 Å². The highest BCUT2D eigenvalue weighted by Crippen LogP contribution is 2.27. The van der Waals surface area contributed by atoms with Crippen molar-refractivity contribution in [2.45, 2.75) is 19.3 Å². The molecule has 21 heavy (non-hydrogen) atoms. The lowest BCUT2D eigenvalue weighted by Gasteiger charge is -2.22. The van der Waals surface area contributed by atoms with Gasteiger partial charge in [0.15, 0.2) is 0 Å².